The van der Waals surface area contributed by atoms with Crippen molar-refractivity contribution < 1.29 is 19.1 Å². The summed E-state index contributed by atoms with van der Waals surface area (Å²) in [6.45, 7) is 4.04. The zero-order valence-electron chi connectivity index (χ0n) is 19.5. The summed E-state index contributed by atoms with van der Waals surface area (Å²) < 4.78 is 4.98. The van der Waals surface area contributed by atoms with Crippen LogP contribution in [0.5, 0.6) is 0 Å². The lowest BCUT2D eigenvalue weighted by Crippen LogP contribution is -2.16. The van der Waals surface area contributed by atoms with Crippen molar-refractivity contribution in [1.29, 1.82) is 0 Å². The zero-order chi connectivity index (χ0) is 24.5. The van der Waals surface area contributed by atoms with Crippen LogP contribution in [0, 0.1) is 6.92 Å². The van der Waals surface area contributed by atoms with Gasteiger partial charge in [-0.2, -0.15) is 0 Å². The third-order valence-corrected chi connectivity index (χ3v) is 6.93. The number of hydrogen-bond acceptors (Lipinski definition) is 6. The number of nitrogens with one attached hydrogen (secondary N) is 2. The maximum Gasteiger partial charge on any atom is 0.341 e. The molecule has 1 aromatic heterocycles. The van der Waals surface area contributed by atoms with E-state index in [1.54, 1.807) is 0 Å². The molecule has 3 rings (SSSR count). The van der Waals surface area contributed by atoms with Crippen LogP contribution in [0.2, 0.25) is 0 Å². The highest BCUT2D eigenvalue weighted by molar-refractivity contribution is 8.00. The standard InChI is InChI=1S/C26H28N2O4S2/c1-4-5-9-22(29)27-19-7-6-8-20(14-19)33-16-23(30)28-25-24(26(31)32-3)21(15-34-25)18-12-10-17(2)11-13-18/h6-8,10-15H,4-5,9,16H2,1-3H3,(H,27,29)(H,28,30). The molecule has 2 N–H and O–H groups in total. The highest BCUT2D eigenvalue weighted by Crippen LogP contribution is 2.36. The van der Waals surface area contributed by atoms with Crippen molar-refractivity contribution >= 4 is 51.6 Å². The minimum absolute atomic E-state index is 0.0147. The van der Waals surface area contributed by atoms with Crippen LogP contribution >= 0.6 is 23.1 Å². The van der Waals surface area contributed by atoms with Gasteiger partial charge in [-0.3, -0.25) is 9.59 Å². The molecule has 1 heterocycles. The minimum Gasteiger partial charge on any atom is -0.465 e. The molecule has 3 aromatic rings. The summed E-state index contributed by atoms with van der Waals surface area (Å²) in [7, 11) is 1.33. The summed E-state index contributed by atoms with van der Waals surface area (Å²) in [5.41, 5.74) is 3.79. The number of amides is 2. The van der Waals surface area contributed by atoms with E-state index in [0.29, 0.717) is 22.7 Å². The van der Waals surface area contributed by atoms with Crippen molar-refractivity contribution in [3.8, 4) is 11.1 Å². The second-order valence-corrected chi connectivity index (χ2v) is 9.66. The van der Waals surface area contributed by atoms with Crippen LogP contribution in [-0.4, -0.2) is 30.6 Å². The van der Waals surface area contributed by atoms with Crippen LogP contribution in [0.4, 0.5) is 10.7 Å². The summed E-state index contributed by atoms with van der Waals surface area (Å²) in [4.78, 5) is 38.0. The molecule has 0 aliphatic rings. The molecule has 0 radical (unpaired) electrons. The Bertz CT molecular complexity index is 1160. The third kappa shape index (κ3) is 6.95. The number of carbonyl (C=O) groups is 3. The van der Waals surface area contributed by atoms with Crippen LogP contribution in [0.25, 0.3) is 11.1 Å². The largest absolute Gasteiger partial charge is 0.465 e. The van der Waals surface area contributed by atoms with Crippen molar-refractivity contribution in [2.45, 2.75) is 38.0 Å². The van der Waals surface area contributed by atoms with E-state index < -0.39 is 5.97 Å². The Morgan fingerprint density at radius 3 is 2.50 bits per heavy atom. The number of aryl methyl sites for hydroxylation is 1. The lowest BCUT2D eigenvalue weighted by Gasteiger charge is -2.09. The van der Waals surface area contributed by atoms with Gasteiger partial charge in [-0.15, -0.1) is 23.1 Å². The molecule has 178 valence electrons. The summed E-state index contributed by atoms with van der Waals surface area (Å²) >= 11 is 2.65. The topological polar surface area (TPSA) is 84.5 Å². The molecule has 0 spiro atoms. The Hall–Kier alpha value is -3.10. The van der Waals surface area contributed by atoms with Crippen molar-refractivity contribution in [3.63, 3.8) is 0 Å². The molecule has 0 aliphatic heterocycles. The molecule has 0 fully saturated rings. The van der Waals surface area contributed by atoms with Crippen molar-refractivity contribution in [2.24, 2.45) is 0 Å². The average molecular weight is 497 g/mol. The number of thioether (sulfide) groups is 1. The SMILES string of the molecule is CCCCC(=O)Nc1cccc(SCC(=O)Nc2scc(-c3ccc(C)cc3)c2C(=O)OC)c1. The molecule has 2 aromatic carbocycles. The van der Waals surface area contributed by atoms with Crippen LogP contribution in [-0.2, 0) is 14.3 Å². The van der Waals surface area contributed by atoms with Gasteiger partial charge in [-0.05, 0) is 37.1 Å². The number of thiophene rings is 1. The molecule has 0 atom stereocenters. The highest BCUT2D eigenvalue weighted by Gasteiger charge is 2.22. The number of benzene rings is 2. The predicted molar refractivity (Wildman–Crippen MR) is 140 cm³/mol. The maximum absolute atomic E-state index is 12.7. The molecule has 0 saturated heterocycles. The van der Waals surface area contributed by atoms with Crippen LogP contribution < -0.4 is 10.6 Å². The van der Waals surface area contributed by atoms with E-state index in [2.05, 4.69) is 10.6 Å². The molecular weight excluding hydrogens is 468 g/mol. The van der Waals surface area contributed by atoms with Crippen LogP contribution in [0.3, 0.4) is 0 Å². The fourth-order valence-electron chi connectivity index (χ4n) is 3.24. The minimum atomic E-state index is -0.494. The van der Waals surface area contributed by atoms with Gasteiger partial charge >= 0.3 is 5.97 Å². The lowest BCUT2D eigenvalue weighted by atomic mass is 10.0. The van der Waals surface area contributed by atoms with Gasteiger partial charge in [0.2, 0.25) is 11.8 Å². The summed E-state index contributed by atoms with van der Waals surface area (Å²) in [6, 6.07) is 15.3. The smallest absolute Gasteiger partial charge is 0.341 e. The summed E-state index contributed by atoms with van der Waals surface area (Å²) in [5, 5.41) is 8.06. The molecule has 0 saturated carbocycles. The maximum atomic E-state index is 12.7. The number of esters is 1. The second-order valence-electron chi connectivity index (χ2n) is 7.73. The monoisotopic (exact) mass is 496 g/mol. The van der Waals surface area contributed by atoms with Gasteiger partial charge in [0, 0.05) is 27.9 Å². The average Bonchev–Trinajstić information content (AvgIpc) is 3.25. The van der Waals surface area contributed by atoms with E-state index in [0.717, 1.165) is 34.4 Å². The van der Waals surface area contributed by atoms with Gasteiger partial charge in [0.15, 0.2) is 0 Å². The van der Waals surface area contributed by atoms with E-state index in [1.165, 1.54) is 30.2 Å². The summed E-state index contributed by atoms with van der Waals surface area (Å²) in [5.74, 6) is -0.582. The molecule has 6 nitrogen and oxygen atoms in total. The quantitative estimate of drug-likeness (QED) is 0.252. The Balaban J connectivity index is 1.66. The first-order chi connectivity index (χ1) is 16.4. The van der Waals surface area contributed by atoms with Gasteiger partial charge in [0.1, 0.15) is 10.6 Å². The van der Waals surface area contributed by atoms with Crippen molar-refractivity contribution in [3.05, 3.63) is 65.0 Å². The molecule has 0 aliphatic carbocycles. The van der Waals surface area contributed by atoms with Crippen LogP contribution in [0.15, 0.2) is 58.8 Å². The molecule has 34 heavy (non-hydrogen) atoms. The Morgan fingerprint density at radius 2 is 1.79 bits per heavy atom. The highest BCUT2D eigenvalue weighted by atomic mass is 32.2. The van der Waals surface area contributed by atoms with Crippen molar-refractivity contribution in [1.82, 2.24) is 0 Å². The van der Waals surface area contributed by atoms with E-state index >= 15 is 0 Å². The lowest BCUT2D eigenvalue weighted by molar-refractivity contribution is -0.116. The van der Waals surface area contributed by atoms with E-state index in [9.17, 15) is 14.4 Å². The fraction of sp³-hybridized carbons (Fsp3) is 0.269. The fourth-order valence-corrected chi connectivity index (χ4v) is 4.96. The molecule has 0 bridgehead atoms. The first-order valence-electron chi connectivity index (χ1n) is 11.0. The predicted octanol–water partition coefficient (Wildman–Crippen LogP) is 6.37. The van der Waals surface area contributed by atoms with Gasteiger partial charge in [-0.1, -0.05) is 49.2 Å². The Morgan fingerprint density at radius 1 is 1.03 bits per heavy atom. The summed E-state index contributed by atoms with van der Waals surface area (Å²) in [6.07, 6.45) is 2.30. The number of hydrogen-bond donors (Lipinski definition) is 2. The van der Waals surface area contributed by atoms with E-state index in [1.807, 2.05) is 67.8 Å². The molecular formula is C26H28N2O4S2. The normalized spacial score (nSPS) is 10.6. The molecule has 0 unspecified atom stereocenters. The van der Waals surface area contributed by atoms with Gasteiger partial charge < -0.3 is 15.4 Å². The third-order valence-electron chi connectivity index (χ3n) is 5.04. The van der Waals surface area contributed by atoms with E-state index in [4.69, 9.17) is 4.74 Å². The zero-order valence-corrected chi connectivity index (χ0v) is 21.1. The number of carbonyl (C=O) groups excluding carboxylic acids is 3. The van der Waals surface area contributed by atoms with Gasteiger partial charge in [0.05, 0.1) is 12.9 Å². The number of rotatable bonds is 10. The number of ether oxygens (including phenoxy) is 1. The van der Waals surface area contributed by atoms with Gasteiger partial charge in [0.25, 0.3) is 0 Å². The van der Waals surface area contributed by atoms with Gasteiger partial charge in [-0.25, -0.2) is 4.79 Å². The first kappa shape index (κ1) is 25.5. The van der Waals surface area contributed by atoms with Crippen molar-refractivity contribution in [2.75, 3.05) is 23.5 Å². The number of unbranched alkanes of at least 4 members (excludes halogenated alkanes) is 1. The Kier molecular flexibility index (Phi) is 9.30. The first-order valence-corrected chi connectivity index (χ1v) is 12.9. The molecule has 2 amide bonds. The number of methoxy groups -OCH3 is 1. The molecule has 8 heteroatoms. The number of anilines is 2. The Labute approximate surface area is 208 Å². The van der Waals surface area contributed by atoms with E-state index in [-0.39, 0.29) is 17.6 Å². The second kappa shape index (κ2) is 12.4. The van der Waals surface area contributed by atoms with Crippen LogP contribution in [0.1, 0.15) is 42.1 Å².